The molecule has 8 N–H and O–H groups in total. The van der Waals surface area contributed by atoms with Crippen molar-refractivity contribution in [3.63, 3.8) is 0 Å². The van der Waals surface area contributed by atoms with Crippen molar-refractivity contribution in [2.45, 2.75) is 88.2 Å². The van der Waals surface area contributed by atoms with Crippen LogP contribution in [0.1, 0.15) is 20.3 Å². The number of aliphatic hydroxyl groups excluding tert-OH is 7. The molecule has 10 atom stereocenters. The maximum atomic E-state index is 11.3. The number of ether oxygens (including phenoxy) is 5. The number of hydrogen-bond donors (Lipinski definition) is 8. The molecule has 4 rings (SSSR count). The fraction of sp³-hybridized carbons (Fsp3) is 0.731. The minimum atomic E-state index is -1.79. The lowest BCUT2D eigenvalue weighted by atomic mass is 9.96. The Balaban J connectivity index is 1.43. The first-order valence-electron chi connectivity index (χ1n) is 14.2. The highest BCUT2D eigenvalue weighted by molar-refractivity contribution is 5.71. The van der Waals surface area contributed by atoms with Gasteiger partial charge in [0.05, 0.1) is 39.0 Å². The second-order valence-electron chi connectivity index (χ2n) is 10.8. The molecule has 252 valence electrons. The van der Waals surface area contributed by atoms with E-state index in [2.05, 4.69) is 20.3 Å². The summed E-state index contributed by atoms with van der Waals surface area (Å²) in [6.07, 6.45) is -12.2. The molecule has 0 amide bonds. The predicted octanol–water partition coefficient (Wildman–Crippen LogP) is -4.01. The van der Waals surface area contributed by atoms with Gasteiger partial charge < -0.3 is 69.3 Å². The molecule has 2 aromatic heterocycles. The molecule has 2 aromatic rings. The van der Waals surface area contributed by atoms with Gasteiger partial charge in [0.25, 0.3) is 0 Å². The van der Waals surface area contributed by atoms with E-state index in [0.717, 1.165) is 0 Å². The summed E-state index contributed by atoms with van der Waals surface area (Å²) >= 11 is 0. The normalized spacial score (nSPS) is 32.0. The number of esters is 2. The number of imidazole rings is 1. The van der Waals surface area contributed by atoms with E-state index in [1.165, 1.54) is 26.4 Å². The van der Waals surface area contributed by atoms with Gasteiger partial charge in [-0.1, -0.05) is 0 Å². The molecule has 2 saturated heterocycles. The van der Waals surface area contributed by atoms with Crippen LogP contribution in [0.3, 0.4) is 0 Å². The zero-order valence-electron chi connectivity index (χ0n) is 24.5. The van der Waals surface area contributed by atoms with Crippen LogP contribution in [0.25, 0.3) is 11.2 Å². The van der Waals surface area contributed by atoms with Gasteiger partial charge >= 0.3 is 11.9 Å². The molecule has 0 radical (unpaired) electrons. The third kappa shape index (κ3) is 8.38. The fourth-order valence-electron chi connectivity index (χ4n) is 4.93. The van der Waals surface area contributed by atoms with E-state index in [0.29, 0.717) is 24.1 Å². The third-order valence-electron chi connectivity index (χ3n) is 7.46. The summed E-state index contributed by atoms with van der Waals surface area (Å²) < 4.78 is 28.5. The molecule has 0 spiro atoms. The molecule has 2 fully saturated rings. The minimum absolute atomic E-state index is 0.0260. The van der Waals surface area contributed by atoms with Gasteiger partial charge in [-0.15, -0.1) is 0 Å². The standard InChI is InChI=1S/C26H39N5O14/c1-11(34)41-8-13(9-42-12(2)35)3-4-31-10-28-14-5-27-26(29-23(14)31)30-24-20(39)19(38)22(16(7-33)43-24)45-25-21(40)18(37)17(36)15(6-32)44-25/h5,10,13,15-22,24-25,32-33,36-40H,3-4,6-9H2,1-2H3,(H,27,29,30)/t15-,16-,17+,18+,19-,20-,21-,22-,24?,25+/m1/s1. The summed E-state index contributed by atoms with van der Waals surface area (Å²) in [6, 6.07) is 0. The Morgan fingerprint density at radius 3 is 2.20 bits per heavy atom. The van der Waals surface area contributed by atoms with Gasteiger partial charge in [-0.25, -0.2) is 9.97 Å². The van der Waals surface area contributed by atoms with Gasteiger partial charge in [-0.05, 0) is 6.42 Å². The van der Waals surface area contributed by atoms with E-state index < -0.39 is 86.5 Å². The Kier molecular flexibility index (Phi) is 11.9. The monoisotopic (exact) mass is 645 g/mol. The molecule has 2 aliphatic rings. The van der Waals surface area contributed by atoms with Crippen molar-refractivity contribution in [2.24, 2.45) is 5.92 Å². The summed E-state index contributed by atoms with van der Waals surface area (Å²) in [6.45, 7) is 1.58. The van der Waals surface area contributed by atoms with Crippen molar-refractivity contribution < 1.29 is 69.0 Å². The summed E-state index contributed by atoms with van der Waals surface area (Å²) in [5, 5.41) is 74.2. The SMILES string of the molecule is CC(=O)OCC(CCn1cnc2cnc(NC3O[C@H](CO)[C@@H](O[C@@H]4O[C@H](CO)[C@H](O)[C@H](O)[C@H]4O)[C@H](O)[C@H]3O)nc21)COC(C)=O. The maximum absolute atomic E-state index is 11.3. The van der Waals surface area contributed by atoms with Crippen LogP contribution >= 0.6 is 0 Å². The lowest BCUT2D eigenvalue weighted by molar-refractivity contribution is -0.340. The highest BCUT2D eigenvalue weighted by atomic mass is 16.7. The van der Waals surface area contributed by atoms with E-state index in [9.17, 15) is 45.3 Å². The number of hydrogen-bond acceptors (Lipinski definition) is 18. The first kappa shape index (κ1) is 34.8. The molecule has 2 aliphatic heterocycles. The minimum Gasteiger partial charge on any atom is -0.465 e. The van der Waals surface area contributed by atoms with Gasteiger partial charge in [0.15, 0.2) is 18.2 Å². The smallest absolute Gasteiger partial charge is 0.302 e. The molecule has 1 unspecified atom stereocenters. The van der Waals surface area contributed by atoms with E-state index in [1.807, 2.05) is 0 Å². The van der Waals surface area contributed by atoms with Gasteiger partial charge in [-0.2, -0.15) is 4.98 Å². The number of anilines is 1. The van der Waals surface area contributed by atoms with Crippen LogP contribution in [0, 0.1) is 5.92 Å². The molecular weight excluding hydrogens is 606 g/mol. The summed E-state index contributed by atoms with van der Waals surface area (Å²) in [5.41, 5.74) is 0.822. The fourth-order valence-corrected chi connectivity index (χ4v) is 4.93. The maximum Gasteiger partial charge on any atom is 0.302 e. The molecule has 0 aliphatic carbocycles. The van der Waals surface area contributed by atoms with Gasteiger partial charge in [0.2, 0.25) is 5.95 Å². The first-order chi connectivity index (χ1) is 21.4. The average molecular weight is 646 g/mol. The van der Waals surface area contributed by atoms with Gasteiger partial charge in [-0.3, -0.25) is 9.59 Å². The van der Waals surface area contributed by atoms with Crippen LogP contribution in [-0.2, 0) is 39.8 Å². The molecule has 19 nitrogen and oxygen atoms in total. The van der Waals surface area contributed by atoms with Crippen molar-refractivity contribution >= 4 is 29.1 Å². The Bertz CT molecular complexity index is 1260. The van der Waals surface area contributed by atoms with E-state index in [1.54, 1.807) is 4.57 Å². The second kappa shape index (κ2) is 15.5. The highest BCUT2D eigenvalue weighted by Gasteiger charge is 2.50. The van der Waals surface area contributed by atoms with E-state index in [4.69, 9.17) is 23.7 Å². The van der Waals surface area contributed by atoms with Crippen LogP contribution in [0.4, 0.5) is 5.95 Å². The Hall–Kier alpha value is -3.11. The Morgan fingerprint density at radius 1 is 0.911 bits per heavy atom. The van der Waals surface area contributed by atoms with Crippen LogP contribution in [0.15, 0.2) is 12.5 Å². The predicted molar refractivity (Wildman–Crippen MR) is 147 cm³/mol. The lowest BCUT2D eigenvalue weighted by Crippen LogP contribution is -2.65. The van der Waals surface area contributed by atoms with Crippen molar-refractivity contribution in [1.29, 1.82) is 0 Å². The molecule has 0 bridgehead atoms. The van der Waals surface area contributed by atoms with Crippen LogP contribution in [0.5, 0.6) is 0 Å². The number of aromatic nitrogens is 4. The van der Waals surface area contributed by atoms with Crippen molar-refractivity contribution in [3.05, 3.63) is 12.5 Å². The van der Waals surface area contributed by atoms with Crippen molar-refractivity contribution in [1.82, 2.24) is 19.5 Å². The zero-order valence-corrected chi connectivity index (χ0v) is 24.5. The second-order valence-corrected chi connectivity index (χ2v) is 10.8. The summed E-state index contributed by atoms with van der Waals surface area (Å²) in [5.74, 6) is -1.25. The number of nitrogens with one attached hydrogen (secondary N) is 1. The molecule has 0 saturated carbocycles. The molecule has 4 heterocycles. The number of aryl methyl sites for hydroxylation is 1. The quantitative estimate of drug-likeness (QED) is 0.0963. The van der Waals surface area contributed by atoms with Crippen molar-refractivity contribution in [3.8, 4) is 0 Å². The topological polar surface area (TPSA) is 278 Å². The third-order valence-corrected chi connectivity index (χ3v) is 7.46. The molecular formula is C26H39N5O14. The molecule has 0 aromatic carbocycles. The van der Waals surface area contributed by atoms with Gasteiger partial charge in [0.1, 0.15) is 54.3 Å². The number of aliphatic hydroxyl groups is 7. The van der Waals surface area contributed by atoms with Crippen molar-refractivity contribution in [2.75, 3.05) is 31.7 Å². The molecule has 45 heavy (non-hydrogen) atoms. The van der Waals surface area contributed by atoms with Crippen LogP contribution < -0.4 is 5.32 Å². The van der Waals surface area contributed by atoms with E-state index >= 15 is 0 Å². The Morgan fingerprint density at radius 2 is 1.58 bits per heavy atom. The lowest BCUT2D eigenvalue weighted by Gasteiger charge is -2.46. The first-order valence-corrected chi connectivity index (χ1v) is 14.2. The number of carbonyl (C=O) groups excluding carboxylic acids is 2. The number of carbonyl (C=O) groups is 2. The number of rotatable bonds is 13. The Labute approximate surface area is 256 Å². The zero-order chi connectivity index (χ0) is 32.8. The van der Waals surface area contributed by atoms with Crippen LogP contribution in [-0.4, -0.2) is 155 Å². The number of nitrogens with zero attached hydrogens (tertiary/aromatic N) is 4. The van der Waals surface area contributed by atoms with Gasteiger partial charge in [0, 0.05) is 26.3 Å². The summed E-state index contributed by atoms with van der Waals surface area (Å²) in [7, 11) is 0. The largest absolute Gasteiger partial charge is 0.465 e. The number of fused-ring (bicyclic) bond motifs is 1. The summed E-state index contributed by atoms with van der Waals surface area (Å²) in [4.78, 5) is 35.4. The van der Waals surface area contributed by atoms with Crippen LogP contribution in [0.2, 0.25) is 0 Å². The molecule has 19 heteroatoms. The van der Waals surface area contributed by atoms with E-state index in [-0.39, 0.29) is 25.1 Å². The average Bonchev–Trinajstić information content (AvgIpc) is 3.42. The highest BCUT2D eigenvalue weighted by Crippen LogP contribution is 2.29.